The van der Waals surface area contributed by atoms with Crippen molar-refractivity contribution in [2.24, 2.45) is 0 Å². The smallest absolute Gasteiger partial charge is 0.160 e. The lowest BCUT2D eigenvalue weighted by atomic mass is 10.2. The van der Waals surface area contributed by atoms with Gasteiger partial charge in [0.15, 0.2) is 11.5 Å². The van der Waals surface area contributed by atoms with Crippen molar-refractivity contribution in [1.82, 2.24) is 9.78 Å². The Hall–Kier alpha value is -1.88. The van der Waals surface area contributed by atoms with E-state index in [0.717, 1.165) is 24.2 Å². The molecule has 6 heteroatoms. The van der Waals surface area contributed by atoms with E-state index in [1.165, 1.54) is 0 Å². The molecule has 20 heavy (non-hydrogen) atoms. The number of hydrogen-bond acceptors (Lipinski definition) is 4. The molecule has 0 radical (unpaired) electrons. The first kappa shape index (κ1) is 16.2. The van der Waals surface area contributed by atoms with Gasteiger partial charge in [-0.05, 0) is 24.1 Å². The van der Waals surface area contributed by atoms with Crippen LogP contribution in [0, 0.1) is 0 Å². The highest BCUT2D eigenvalue weighted by molar-refractivity contribution is 5.85. The minimum Gasteiger partial charge on any atom is -0.504 e. The number of nitrogens with zero attached hydrogens (tertiary/aromatic N) is 2. The van der Waals surface area contributed by atoms with Gasteiger partial charge in [0, 0.05) is 19.3 Å². The van der Waals surface area contributed by atoms with Crippen LogP contribution in [0.5, 0.6) is 11.5 Å². The van der Waals surface area contributed by atoms with Crippen LogP contribution >= 0.6 is 12.4 Å². The summed E-state index contributed by atoms with van der Waals surface area (Å²) in [6.45, 7) is 3.71. The maximum Gasteiger partial charge on any atom is 0.160 e. The molecule has 110 valence electrons. The predicted molar refractivity (Wildman–Crippen MR) is 81.8 cm³/mol. The number of hydrogen-bond donors (Lipinski definition) is 2. The summed E-state index contributed by atoms with van der Waals surface area (Å²) >= 11 is 0. The van der Waals surface area contributed by atoms with Gasteiger partial charge in [0.2, 0.25) is 0 Å². The largest absolute Gasteiger partial charge is 0.504 e. The van der Waals surface area contributed by atoms with Crippen molar-refractivity contribution in [2.45, 2.75) is 26.4 Å². The summed E-state index contributed by atoms with van der Waals surface area (Å²) in [5.41, 5.74) is 2.03. The van der Waals surface area contributed by atoms with Crippen LogP contribution in [0.1, 0.15) is 18.9 Å². The first-order valence-corrected chi connectivity index (χ1v) is 6.35. The van der Waals surface area contributed by atoms with Gasteiger partial charge in [0.1, 0.15) is 0 Å². The summed E-state index contributed by atoms with van der Waals surface area (Å²) in [4.78, 5) is 0. The van der Waals surface area contributed by atoms with Crippen molar-refractivity contribution in [3.63, 3.8) is 0 Å². The predicted octanol–water partition coefficient (Wildman–Crippen LogP) is 3.04. The standard InChI is InChI=1S/C14H19N3O2.ClH/c1-3-6-17-10-12(9-16-17)15-8-11-4-5-13(18)14(7-11)19-2;/h4-5,7,9-10,15,18H,3,6,8H2,1-2H3;1H. The van der Waals surface area contributed by atoms with E-state index in [2.05, 4.69) is 17.3 Å². The van der Waals surface area contributed by atoms with Gasteiger partial charge in [-0.2, -0.15) is 5.10 Å². The van der Waals surface area contributed by atoms with Gasteiger partial charge >= 0.3 is 0 Å². The van der Waals surface area contributed by atoms with Crippen LogP contribution in [0.4, 0.5) is 5.69 Å². The Morgan fingerprint density at radius 2 is 2.20 bits per heavy atom. The van der Waals surface area contributed by atoms with Gasteiger partial charge in [-0.1, -0.05) is 13.0 Å². The maximum absolute atomic E-state index is 9.52. The number of ether oxygens (including phenoxy) is 1. The summed E-state index contributed by atoms with van der Waals surface area (Å²) in [5, 5.41) is 17.1. The van der Waals surface area contributed by atoms with Crippen LogP contribution in [0.2, 0.25) is 0 Å². The number of phenolic OH excluding ortho intramolecular Hbond substituents is 1. The third kappa shape index (κ3) is 4.06. The summed E-state index contributed by atoms with van der Waals surface area (Å²) in [6.07, 6.45) is 4.87. The highest BCUT2D eigenvalue weighted by Gasteiger charge is 2.03. The van der Waals surface area contributed by atoms with E-state index in [4.69, 9.17) is 4.74 Å². The third-order valence-electron chi connectivity index (χ3n) is 2.83. The van der Waals surface area contributed by atoms with Crippen LogP contribution in [-0.4, -0.2) is 22.0 Å². The fourth-order valence-electron chi connectivity index (χ4n) is 1.84. The molecule has 0 atom stereocenters. The molecule has 0 aliphatic carbocycles. The van der Waals surface area contributed by atoms with E-state index in [1.807, 2.05) is 29.2 Å². The van der Waals surface area contributed by atoms with Crippen LogP contribution in [0.25, 0.3) is 0 Å². The van der Waals surface area contributed by atoms with Crippen molar-refractivity contribution in [1.29, 1.82) is 0 Å². The van der Waals surface area contributed by atoms with Gasteiger partial charge in [-0.25, -0.2) is 0 Å². The third-order valence-corrected chi connectivity index (χ3v) is 2.83. The molecular formula is C14H20ClN3O2. The van der Waals surface area contributed by atoms with E-state index < -0.39 is 0 Å². The molecule has 0 unspecified atom stereocenters. The molecule has 0 spiro atoms. The lowest BCUT2D eigenvalue weighted by Crippen LogP contribution is -1.99. The lowest BCUT2D eigenvalue weighted by molar-refractivity contribution is 0.373. The molecule has 5 nitrogen and oxygen atoms in total. The highest BCUT2D eigenvalue weighted by atomic mass is 35.5. The second kappa shape index (κ2) is 7.65. The first-order chi connectivity index (χ1) is 9.22. The second-order valence-corrected chi connectivity index (χ2v) is 4.35. The zero-order valence-electron chi connectivity index (χ0n) is 11.7. The minimum atomic E-state index is 0. The van der Waals surface area contributed by atoms with E-state index in [9.17, 15) is 5.11 Å². The minimum absolute atomic E-state index is 0. The molecule has 1 heterocycles. The van der Waals surface area contributed by atoms with Gasteiger partial charge in [-0.15, -0.1) is 12.4 Å². The van der Waals surface area contributed by atoms with Crippen LogP contribution in [0.3, 0.4) is 0 Å². The first-order valence-electron chi connectivity index (χ1n) is 6.35. The van der Waals surface area contributed by atoms with Crippen molar-refractivity contribution in [2.75, 3.05) is 12.4 Å². The molecular weight excluding hydrogens is 278 g/mol. The normalized spacial score (nSPS) is 9.90. The number of halogens is 1. The van der Waals surface area contributed by atoms with Crippen molar-refractivity contribution in [3.8, 4) is 11.5 Å². The maximum atomic E-state index is 9.52. The number of anilines is 1. The average molecular weight is 298 g/mol. The monoisotopic (exact) mass is 297 g/mol. The summed E-state index contributed by atoms with van der Waals surface area (Å²) in [6, 6.07) is 5.32. The molecule has 0 aliphatic heterocycles. The lowest BCUT2D eigenvalue weighted by Gasteiger charge is -2.07. The quantitative estimate of drug-likeness (QED) is 0.860. The van der Waals surface area contributed by atoms with Gasteiger partial charge < -0.3 is 15.2 Å². The van der Waals surface area contributed by atoms with Crippen molar-refractivity contribution < 1.29 is 9.84 Å². The number of aromatic hydroxyl groups is 1. The Morgan fingerprint density at radius 1 is 1.40 bits per heavy atom. The fourth-order valence-corrected chi connectivity index (χ4v) is 1.84. The number of aromatic nitrogens is 2. The molecule has 0 saturated heterocycles. The molecule has 0 bridgehead atoms. The van der Waals surface area contributed by atoms with Gasteiger partial charge in [0.05, 0.1) is 19.0 Å². The molecule has 0 fully saturated rings. The molecule has 2 N–H and O–H groups in total. The fraction of sp³-hybridized carbons (Fsp3) is 0.357. The zero-order valence-corrected chi connectivity index (χ0v) is 12.5. The van der Waals surface area contributed by atoms with E-state index >= 15 is 0 Å². The van der Waals surface area contributed by atoms with E-state index in [0.29, 0.717) is 12.3 Å². The van der Waals surface area contributed by atoms with E-state index in [-0.39, 0.29) is 18.2 Å². The van der Waals surface area contributed by atoms with Crippen molar-refractivity contribution in [3.05, 3.63) is 36.2 Å². The number of benzene rings is 1. The Balaban J connectivity index is 0.00000200. The topological polar surface area (TPSA) is 59.3 Å². The Kier molecular flexibility index (Phi) is 6.18. The highest BCUT2D eigenvalue weighted by Crippen LogP contribution is 2.26. The number of rotatable bonds is 6. The Labute approximate surface area is 125 Å². The molecule has 1 aromatic carbocycles. The zero-order chi connectivity index (χ0) is 13.7. The number of nitrogens with one attached hydrogen (secondary N) is 1. The van der Waals surface area contributed by atoms with Crippen LogP contribution in [0.15, 0.2) is 30.6 Å². The molecule has 0 amide bonds. The molecule has 0 saturated carbocycles. The van der Waals surface area contributed by atoms with E-state index in [1.54, 1.807) is 13.2 Å². The Morgan fingerprint density at radius 3 is 2.90 bits per heavy atom. The van der Waals surface area contributed by atoms with Crippen LogP contribution < -0.4 is 10.1 Å². The Bertz CT molecular complexity index is 543. The van der Waals surface area contributed by atoms with Gasteiger partial charge in [-0.3, -0.25) is 4.68 Å². The number of aryl methyl sites for hydroxylation is 1. The summed E-state index contributed by atoms with van der Waals surface area (Å²) < 4.78 is 7.00. The molecule has 2 rings (SSSR count). The number of phenols is 1. The molecule has 2 aromatic rings. The van der Waals surface area contributed by atoms with Crippen molar-refractivity contribution >= 4 is 18.1 Å². The summed E-state index contributed by atoms with van der Waals surface area (Å²) in [7, 11) is 1.54. The molecule has 1 aromatic heterocycles. The average Bonchev–Trinajstić information content (AvgIpc) is 2.86. The van der Waals surface area contributed by atoms with Gasteiger partial charge in [0.25, 0.3) is 0 Å². The molecule has 0 aliphatic rings. The summed E-state index contributed by atoms with van der Waals surface area (Å²) in [5.74, 6) is 0.642. The number of methoxy groups -OCH3 is 1. The SMILES string of the molecule is CCCn1cc(NCc2ccc(O)c(OC)c2)cn1.Cl. The van der Waals surface area contributed by atoms with Crippen LogP contribution in [-0.2, 0) is 13.1 Å². The second-order valence-electron chi connectivity index (χ2n) is 4.35.